The SMILES string of the molecule is Cn1ncc(NC(=O)c2nc(-c3c(F)cccc3F)sc2NC(=O)OC(C)(C)C)c1N1CCC[C@H](N)CC1. The Hall–Kier alpha value is -3.58. The number of nitrogens with one attached hydrogen (secondary N) is 2. The van der Waals surface area contributed by atoms with Gasteiger partial charge in [-0.05, 0) is 52.2 Å². The lowest BCUT2D eigenvalue weighted by molar-refractivity contribution is 0.0636. The first-order chi connectivity index (χ1) is 17.9. The van der Waals surface area contributed by atoms with Crippen LogP contribution in [0.4, 0.5) is 30.1 Å². The van der Waals surface area contributed by atoms with Gasteiger partial charge < -0.3 is 20.7 Å². The molecule has 1 atom stereocenters. The zero-order valence-electron chi connectivity index (χ0n) is 21.7. The van der Waals surface area contributed by atoms with Crippen LogP contribution in [0.25, 0.3) is 10.6 Å². The molecule has 38 heavy (non-hydrogen) atoms. The van der Waals surface area contributed by atoms with Crippen molar-refractivity contribution in [2.24, 2.45) is 12.8 Å². The van der Waals surface area contributed by atoms with Crippen LogP contribution < -0.4 is 21.3 Å². The second-order valence-electron chi connectivity index (χ2n) is 10.1. The molecular formula is C25H31F2N7O3S. The molecule has 0 aliphatic carbocycles. The molecule has 3 heterocycles. The van der Waals surface area contributed by atoms with Crippen LogP contribution in [0.15, 0.2) is 24.4 Å². The zero-order valence-corrected chi connectivity index (χ0v) is 22.5. The molecule has 1 fully saturated rings. The fraction of sp³-hybridized carbons (Fsp3) is 0.440. The second kappa shape index (κ2) is 11.0. The molecule has 13 heteroatoms. The second-order valence-corrected chi connectivity index (χ2v) is 11.1. The number of amides is 2. The van der Waals surface area contributed by atoms with Crippen molar-refractivity contribution in [3.05, 3.63) is 41.7 Å². The predicted octanol–water partition coefficient (Wildman–Crippen LogP) is 4.74. The first-order valence-corrected chi connectivity index (χ1v) is 13.0. The molecule has 0 unspecified atom stereocenters. The molecule has 1 saturated heterocycles. The van der Waals surface area contributed by atoms with Crippen molar-refractivity contribution in [3.8, 4) is 10.6 Å². The average molecular weight is 548 g/mol. The number of aromatic nitrogens is 3. The summed E-state index contributed by atoms with van der Waals surface area (Å²) in [4.78, 5) is 32.3. The Morgan fingerprint density at radius 2 is 1.87 bits per heavy atom. The minimum atomic E-state index is -0.844. The van der Waals surface area contributed by atoms with Gasteiger partial charge in [0.2, 0.25) is 0 Å². The third-order valence-electron chi connectivity index (χ3n) is 5.86. The van der Waals surface area contributed by atoms with E-state index >= 15 is 0 Å². The van der Waals surface area contributed by atoms with E-state index in [-0.39, 0.29) is 21.7 Å². The van der Waals surface area contributed by atoms with Crippen molar-refractivity contribution < 1.29 is 23.1 Å². The summed E-state index contributed by atoms with van der Waals surface area (Å²) in [5, 5.41) is 9.48. The number of nitrogens with two attached hydrogens (primary N) is 1. The first kappa shape index (κ1) is 27.5. The van der Waals surface area contributed by atoms with Crippen molar-refractivity contribution in [2.45, 2.75) is 51.7 Å². The number of benzene rings is 1. The Morgan fingerprint density at radius 3 is 2.55 bits per heavy atom. The highest BCUT2D eigenvalue weighted by Gasteiger charge is 2.28. The van der Waals surface area contributed by atoms with Gasteiger partial charge in [0, 0.05) is 26.2 Å². The lowest BCUT2D eigenvalue weighted by Gasteiger charge is -2.24. The van der Waals surface area contributed by atoms with Crippen LogP contribution in [0, 0.1) is 11.6 Å². The summed E-state index contributed by atoms with van der Waals surface area (Å²) in [6.45, 7) is 6.50. The van der Waals surface area contributed by atoms with Crippen LogP contribution >= 0.6 is 11.3 Å². The molecule has 0 saturated carbocycles. The van der Waals surface area contributed by atoms with Gasteiger partial charge in [-0.1, -0.05) is 17.4 Å². The highest BCUT2D eigenvalue weighted by atomic mass is 32.1. The fourth-order valence-corrected chi connectivity index (χ4v) is 5.17. The largest absolute Gasteiger partial charge is 0.444 e. The van der Waals surface area contributed by atoms with E-state index in [1.54, 1.807) is 32.5 Å². The van der Waals surface area contributed by atoms with E-state index in [0.717, 1.165) is 49.3 Å². The van der Waals surface area contributed by atoms with Crippen LogP contribution in [-0.4, -0.2) is 51.5 Å². The lowest BCUT2D eigenvalue weighted by Crippen LogP contribution is -2.29. The molecule has 1 aromatic carbocycles. The molecule has 4 rings (SSSR count). The molecule has 1 aliphatic rings. The summed E-state index contributed by atoms with van der Waals surface area (Å²) in [7, 11) is 1.77. The molecule has 10 nitrogen and oxygen atoms in total. The van der Waals surface area contributed by atoms with Gasteiger partial charge in [-0.2, -0.15) is 5.10 Å². The summed E-state index contributed by atoms with van der Waals surface area (Å²) < 4.78 is 36.0. The average Bonchev–Trinajstić information content (AvgIpc) is 3.30. The quantitative estimate of drug-likeness (QED) is 0.421. The van der Waals surface area contributed by atoms with Gasteiger partial charge in [-0.25, -0.2) is 18.6 Å². The zero-order chi connectivity index (χ0) is 27.6. The molecule has 2 amide bonds. The molecule has 204 valence electrons. The third kappa shape index (κ3) is 6.27. The highest BCUT2D eigenvalue weighted by Crippen LogP contribution is 2.36. The number of carbonyl (C=O) groups is 2. The van der Waals surface area contributed by atoms with Gasteiger partial charge in [-0.3, -0.25) is 14.8 Å². The van der Waals surface area contributed by atoms with E-state index in [2.05, 4.69) is 25.6 Å². The van der Waals surface area contributed by atoms with E-state index in [0.29, 0.717) is 18.1 Å². The number of aryl methyl sites for hydroxylation is 1. The number of hydrogen-bond acceptors (Lipinski definition) is 8. The van der Waals surface area contributed by atoms with E-state index in [1.807, 2.05) is 0 Å². The van der Waals surface area contributed by atoms with E-state index < -0.39 is 34.8 Å². The van der Waals surface area contributed by atoms with Gasteiger partial charge in [0.1, 0.15) is 32.9 Å². The normalized spacial score (nSPS) is 16.2. The monoisotopic (exact) mass is 547 g/mol. The summed E-state index contributed by atoms with van der Waals surface area (Å²) in [6.07, 6.45) is 3.28. The van der Waals surface area contributed by atoms with E-state index in [9.17, 15) is 18.4 Å². The Kier molecular flexibility index (Phi) is 7.97. The molecule has 2 aromatic heterocycles. The Balaban J connectivity index is 1.67. The number of ether oxygens (including phenoxy) is 1. The summed E-state index contributed by atoms with van der Waals surface area (Å²) in [5.74, 6) is -1.67. The first-order valence-electron chi connectivity index (χ1n) is 12.2. The van der Waals surface area contributed by atoms with Crippen LogP contribution in [0.2, 0.25) is 0 Å². The van der Waals surface area contributed by atoms with E-state index in [4.69, 9.17) is 10.5 Å². The molecule has 1 aliphatic heterocycles. The molecule has 0 spiro atoms. The summed E-state index contributed by atoms with van der Waals surface area (Å²) in [5.41, 5.74) is 5.14. The topological polar surface area (TPSA) is 127 Å². The molecular weight excluding hydrogens is 516 g/mol. The number of carbonyl (C=O) groups excluding carboxylic acids is 2. The van der Waals surface area contributed by atoms with Crippen LogP contribution in [-0.2, 0) is 11.8 Å². The van der Waals surface area contributed by atoms with Gasteiger partial charge in [-0.15, -0.1) is 0 Å². The standard InChI is InChI=1S/C25H31F2N7O3S/c1-25(2,3)37-24(36)32-22-19(31-21(38-22)18-15(26)8-5-9-16(18)27)20(35)30-17-13-29-33(4)23(17)34-11-6-7-14(28)10-12-34/h5,8-9,13-14H,6-7,10-12,28H2,1-4H3,(H,30,35)(H,32,36)/t14-/m0/s1. The van der Waals surface area contributed by atoms with Gasteiger partial charge >= 0.3 is 6.09 Å². The van der Waals surface area contributed by atoms with Gasteiger partial charge in [0.05, 0.1) is 11.8 Å². The van der Waals surface area contributed by atoms with Crippen molar-refractivity contribution in [1.29, 1.82) is 0 Å². The van der Waals surface area contributed by atoms with Crippen molar-refractivity contribution >= 4 is 39.8 Å². The van der Waals surface area contributed by atoms with Crippen LogP contribution in [0.3, 0.4) is 0 Å². The van der Waals surface area contributed by atoms with E-state index in [1.165, 1.54) is 12.3 Å². The minimum absolute atomic E-state index is 0.0133. The lowest BCUT2D eigenvalue weighted by atomic mass is 10.1. The maximum absolute atomic E-state index is 14.5. The number of nitrogens with zero attached hydrogens (tertiary/aromatic N) is 4. The van der Waals surface area contributed by atoms with Crippen molar-refractivity contribution in [2.75, 3.05) is 28.6 Å². The molecule has 0 radical (unpaired) electrons. The number of anilines is 3. The Labute approximate surface area is 223 Å². The Morgan fingerprint density at radius 1 is 1.16 bits per heavy atom. The minimum Gasteiger partial charge on any atom is -0.444 e. The molecule has 3 aromatic rings. The van der Waals surface area contributed by atoms with Crippen molar-refractivity contribution in [3.63, 3.8) is 0 Å². The number of halogens is 2. The number of hydrogen-bond donors (Lipinski definition) is 3. The number of thiazole rings is 1. The van der Waals surface area contributed by atoms with Crippen LogP contribution in [0.1, 0.15) is 50.5 Å². The van der Waals surface area contributed by atoms with Gasteiger partial charge in [0.15, 0.2) is 11.5 Å². The van der Waals surface area contributed by atoms with Gasteiger partial charge in [0.25, 0.3) is 5.91 Å². The van der Waals surface area contributed by atoms with Crippen LogP contribution in [0.5, 0.6) is 0 Å². The highest BCUT2D eigenvalue weighted by molar-refractivity contribution is 7.19. The third-order valence-corrected chi connectivity index (χ3v) is 6.85. The molecule has 4 N–H and O–H groups in total. The number of rotatable bonds is 5. The smallest absolute Gasteiger partial charge is 0.412 e. The Bertz CT molecular complexity index is 1310. The maximum Gasteiger partial charge on any atom is 0.412 e. The molecule has 0 bridgehead atoms. The summed E-state index contributed by atoms with van der Waals surface area (Å²) in [6, 6.07) is 3.53. The maximum atomic E-state index is 14.5. The van der Waals surface area contributed by atoms with Crippen molar-refractivity contribution in [1.82, 2.24) is 14.8 Å². The predicted molar refractivity (Wildman–Crippen MR) is 143 cm³/mol. The summed E-state index contributed by atoms with van der Waals surface area (Å²) >= 11 is 0.766. The fourth-order valence-electron chi connectivity index (χ4n) is 4.17.